The fraction of sp³-hybridized carbons (Fsp3) is 0.553. The van der Waals surface area contributed by atoms with Gasteiger partial charge in [0.05, 0.1) is 45.5 Å². The standard InChI is InChI=1S/C26H29Cl2FN2O8.C21H25Cl2FN2O6/c1-4-9-36-24(35)31-14-39-23(34)26(31)19(37-12-15-7-8-17(27)18(28)10-15)11-16-21(26)25(16,29)22(33)38-13-20(32)30(5-2)6-3;1-3-26(4-2)16(27)10-32-19(30)20(24)12-8-15(21(25,17(12)20)18(28)29)31-9-11-5-6-13(22)14(23)7-11/h4,7-8,10,16,19,21H,1,5-6,9,11-14H2,2-3H3;5-7,12,15,17H,3-4,8-10,25H2,1-2H3,(H,28,29)/t16-,19-,21+,25-,26+;12-,15-,17+,20-,21+/m11/s1. The zero-order chi connectivity index (χ0) is 52.4. The molecule has 3 amide bonds. The van der Waals surface area contributed by atoms with Crippen LogP contribution in [0, 0.1) is 23.7 Å². The monoisotopic (exact) mass is 1080 g/mol. The molecular weight excluding hydrogens is 1020 g/mol. The number of carbonyl (C=O) groups excluding carboxylic acids is 6. The predicted octanol–water partition coefficient (Wildman–Crippen LogP) is 5.96. The van der Waals surface area contributed by atoms with E-state index in [0.29, 0.717) is 57.4 Å². The second-order valence-electron chi connectivity index (χ2n) is 17.5. The van der Waals surface area contributed by atoms with E-state index in [9.17, 15) is 38.7 Å². The molecule has 1 heterocycles. The number of ether oxygens (including phenoxy) is 6. The highest BCUT2D eigenvalue weighted by atomic mass is 35.5. The molecule has 4 saturated carbocycles. The van der Waals surface area contributed by atoms with Gasteiger partial charge in [0.2, 0.25) is 11.3 Å². The number of hydrogen-bond acceptors (Lipinski definition) is 14. The Bertz CT molecular complexity index is 2430. The van der Waals surface area contributed by atoms with Crippen LogP contribution in [0.4, 0.5) is 13.6 Å². The van der Waals surface area contributed by atoms with E-state index in [1.165, 1.54) is 15.9 Å². The molecule has 0 aromatic heterocycles. The lowest BCUT2D eigenvalue weighted by atomic mass is 9.86. The van der Waals surface area contributed by atoms with Crippen LogP contribution in [0.15, 0.2) is 49.1 Å². The van der Waals surface area contributed by atoms with Gasteiger partial charge in [0.1, 0.15) is 12.1 Å². The van der Waals surface area contributed by atoms with Gasteiger partial charge in [-0.15, -0.1) is 0 Å². The summed E-state index contributed by atoms with van der Waals surface area (Å²) < 4.78 is 63.9. The highest BCUT2D eigenvalue weighted by Crippen LogP contribution is 2.71. The second kappa shape index (κ2) is 22.1. The number of aliphatic carboxylic acids is 1. The van der Waals surface area contributed by atoms with Gasteiger partial charge in [-0.05, 0) is 75.9 Å². The first-order valence-electron chi connectivity index (χ1n) is 22.7. The van der Waals surface area contributed by atoms with Crippen LogP contribution in [0.1, 0.15) is 51.7 Å². The number of cyclic esters (lactones) is 1. The number of nitrogens with zero attached hydrogens (tertiary/aromatic N) is 3. The molecule has 2 aromatic rings. The highest BCUT2D eigenvalue weighted by molar-refractivity contribution is 6.42. The molecule has 4 aliphatic carbocycles. The van der Waals surface area contributed by atoms with E-state index in [2.05, 4.69) is 6.58 Å². The Balaban J connectivity index is 0.000000237. The third kappa shape index (κ3) is 10.1. The van der Waals surface area contributed by atoms with Crippen molar-refractivity contribution in [2.24, 2.45) is 29.4 Å². The van der Waals surface area contributed by atoms with E-state index in [-0.39, 0.29) is 32.7 Å². The van der Waals surface area contributed by atoms with Gasteiger partial charge in [-0.1, -0.05) is 71.2 Å². The number of amides is 3. The SMILES string of the molecule is C=CCOC(=O)N1COC(=O)[C@@]12[C@H](OCc1ccc(Cl)c(Cl)c1)C[C@@H]1[C@H]2[C@@]1(F)C(=O)OCC(=O)N(CC)CC.CCN(CC)C(=O)COC(=O)[C@@]1(F)[C@@H]2C[C@@H](OCc3ccc(Cl)c(Cl)c3)[C@@](N)(C(=O)O)[C@@H]21. The van der Waals surface area contributed by atoms with Crippen LogP contribution in [-0.2, 0) is 70.4 Å². The Morgan fingerprint density at radius 2 is 1.21 bits per heavy atom. The van der Waals surface area contributed by atoms with Crippen molar-refractivity contribution in [3.05, 3.63) is 80.3 Å². The van der Waals surface area contributed by atoms with Crippen LogP contribution in [0.25, 0.3) is 0 Å². The summed E-state index contributed by atoms with van der Waals surface area (Å²) in [6, 6.07) is 9.64. The lowest BCUT2D eigenvalue weighted by Crippen LogP contribution is -2.62. The quantitative estimate of drug-likeness (QED) is 0.0940. The molecule has 7 rings (SSSR count). The Labute approximate surface area is 427 Å². The topological polar surface area (TPSA) is 231 Å². The molecule has 10 atom stereocenters. The Hall–Kier alpha value is -4.83. The van der Waals surface area contributed by atoms with Crippen molar-refractivity contribution < 1.29 is 75.9 Å². The maximum absolute atomic E-state index is 16.3. The molecule has 0 radical (unpaired) electrons. The molecule has 5 aliphatic rings. The van der Waals surface area contributed by atoms with E-state index in [4.69, 9.17) is 80.6 Å². The van der Waals surface area contributed by atoms with E-state index >= 15 is 8.78 Å². The van der Waals surface area contributed by atoms with Gasteiger partial charge >= 0.3 is 30.0 Å². The van der Waals surface area contributed by atoms with Crippen molar-refractivity contribution in [2.45, 2.75) is 88.4 Å². The number of nitrogens with two attached hydrogens (primary N) is 1. The predicted molar refractivity (Wildman–Crippen MR) is 250 cm³/mol. The molecular formula is C47H54Cl4F2N4O14. The molecule has 71 heavy (non-hydrogen) atoms. The minimum atomic E-state index is -2.63. The van der Waals surface area contributed by atoms with Crippen LogP contribution in [0.3, 0.4) is 0 Å². The number of rotatable bonds is 19. The summed E-state index contributed by atoms with van der Waals surface area (Å²) in [6.45, 7) is 10.2. The Kier molecular flexibility index (Phi) is 17.3. The van der Waals surface area contributed by atoms with Crippen molar-refractivity contribution in [1.82, 2.24) is 14.7 Å². The van der Waals surface area contributed by atoms with Gasteiger partial charge < -0.3 is 49.1 Å². The Morgan fingerprint density at radius 1 is 0.761 bits per heavy atom. The fourth-order valence-electron chi connectivity index (χ4n) is 10.2. The molecule has 18 nitrogen and oxygen atoms in total. The largest absolute Gasteiger partial charge is 0.480 e. The Morgan fingerprint density at radius 3 is 1.66 bits per heavy atom. The fourth-order valence-corrected chi connectivity index (χ4v) is 10.8. The van der Waals surface area contributed by atoms with E-state index in [1.54, 1.807) is 64.1 Å². The molecule has 3 N–H and O–H groups in total. The summed E-state index contributed by atoms with van der Waals surface area (Å²) in [6.07, 6.45) is -1.86. The van der Waals surface area contributed by atoms with Crippen LogP contribution in [-0.4, -0.2) is 149 Å². The lowest BCUT2D eigenvalue weighted by molar-refractivity contribution is -0.164. The van der Waals surface area contributed by atoms with Crippen LogP contribution < -0.4 is 5.73 Å². The number of fused-ring (bicyclic) bond motifs is 3. The number of esters is 3. The number of likely N-dealkylation sites (N-methyl/N-ethyl adjacent to an activating group) is 2. The van der Waals surface area contributed by atoms with E-state index in [1.807, 2.05) is 0 Å². The minimum absolute atomic E-state index is 0.0185. The van der Waals surface area contributed by atoms with Gasteiger partial charge in [-0.3, -0.25) is 19.3 Å². The zero-order valence-electron chi connectivity index (χ0n) is 39.1. The van der Waals surface area contributed by atoms with Gasteiger partial charge in [0.15, 0.2) is 25.5 Å². The highest BCUT2D eigenvalue weighted by Gasteiger charge is 2.90. The molecule has 5 fully saturated rings. The number of carbonyl (C=O) groups is 7. The summed E-state index contributed by atoms with van der Waals surface area (Å²) in [7, 11) is 0. The number of alkyl halides is 2. The first kappa shape index (κ1) is 55.5. The molecule has 0 unspecified atom stereocenters. The smallest absolute Gasteiger partial charge is 0.413 e. The van der Waals surface area contributed by atoms with Crippen molar-refractivity contribution in [2.75, 3.05) is 52.7 Å². The van der Waals surface area contributed by atoms with Crippen molar-refractivity contribution in [3.8, 4) is 0 Å². The molecule has 24 heteroatoms. The maximum atomic E-state index is 16.3. The van der Waals surface area contributed by atoms with E-state index in [0.717, 1.165) is 4.90 Å². The number of halogens is 6. The second-order valence-corrected chi connectivity index (χ2v) is 19.1. The number of carboxylic acid groups (broad SMARTS) is 1. The summed E-state index contributed by atoms with van der Waals surface area (Å²) >= 11 is 23.9. The average molecular weight is 1080 g/mol. The van der Waals surface area contributed by atoms with E-state index < -0.39 is 120 Å². The molecule has 388 valence electrons. The normalized spacial score (nSPS) is 29.5. The molecule has 0 bridgehead atoms. The van der Waals surface area contributed by atoms with Crippen LogP contribution in [0.5, 0.6) is 0 Å². The van der Waals surface area contributed by atoms with Crippen LogP contribution in [0.2, 0.25) is 20.1 Å². The maximum Gasteiger partial charge on any atom is 0.413 e. The molecule has 1 aliphatic heterocycles. The summed E-state index contributed by atoms with van der Waals surface area (Å²) in [5, 5.41) is 11.1. The summed E-state index contributed by atoms with van der Waals surface area (Å²) in [5.74, 6) is -10.5. The van der Waals surface area contributed by atoms with Gasteiger partial charge in [0.25, 0.3) is 11.8 Å². The van der Waals surface area contributed by atoms with Gasteiger partial charge in [-0.25, -0.2) is 28.0 Å². The van der Waals surface area contributed by atoms with Crippen molar-refractivity contribution >= 4 is 88.2 Å². The number of carboxylic acids is 1. The molecule has 1 saturated heterocycles. The average Bonchev–Trinajstić information content (AvgIpc) is 3.89. The third-order valence-electron chi connectivity index (χ3n) is 13.9. The van der Waals surface area contributed by atoms with Gasteiger partial charge in [0, 0.05) is 49.9 Å². The van der Waals surface area contributed by atoms with Crippen molar-refractivity contribution in [3.63, 3.8) is 0 Å². The lowest BCUT2D eigenvalue weighted by Gasteiger charge is -2.37. The number of hydrogen-bond donors (Lipinski definition) is 2. The zero-order valence-corrected chi connectivity index (χ0v) is 42.2. The minimum Gasteiger partial charge on any atom is -0.480 e. The molecule has 2 aromatic carbocycles. The van der Waals surface area contributed by atoms with Gasteiger partial charge in [-0.2, -0.15) is 0 Å². The van der Waals surface area contributed by atoms with Crippen molar-refractivity contribution in [1.29, 1.82) is 0 Å². The molecule has 1 spiro atoms. The number of benzene rings is 2. The van der Waals surface area contributed by atoms with Crippen LogP contribution >= 0.6 is 46.4 Å². The summed E-state index contributed by atoms with van der Waals surface area (Å²) in [5.41, 5.74) is -1.95. The third-order valence-corrected chi connectivity index (χ3v) is 15.4. The first-order chi connectivity index (χ1) is 33.6. The summed E-state index contributed by atoms with van der Waals surface area (Å²) in [4.78, 5) is 91.8. The first-order valence-corrected chi connectivity index (χ1v) is 24.2.